The molecule has 1 aliphatic rings. The van der Waals surface area contributed by atoms with Gasteiger partial charge in [-0.05, 0) is 11.8 Å². The normalized spacial score (nSPS) is 26.1. The zero-order valence-electron chi connectivity index (χ0n) is 13.8. The van der Waals surface area contributed by atoms with Crippen LogP contribution in [0.4, 0.5) is 0 Å². The van der Waals surface area contributed by atoms with Crippen LogP contribution in [0.5, 0.6) is 0 Å². The molecule has 2 heterocycles. The van der Waals surface area contributed by atoms with Crippen LogP contribution in [0, 0.1) is 11.8 Å². The number of aromatic nitrogens is 2. The summed E-state index contributed by atoms with van der Waals surface area (Å²) in [6.45, 7) is 14.3. The van der Waals surface area contributed by atoms with Crippen LogP contribution in [0.1, 0.15) is 51.9 Å². The van der Waals surface area contributed by atoms with Crippen LogP contribution in [0.2, 0.25) is 0 Å². The Morgan fingerprint density at radius 1 is 1.30 bits per heavy atom. The monoisotopic (exact) mass is 278 g/mol. The second kappa shape index (κ2) is 5.49. The summed E-state index contributed by atoms with van der Waals surface area (Å²) in [4.78, 5) is 2.54. The van der Waals surface area contributed by atoms with Crippen molar-refractivity contribution in [1.82, 2.24) is 14.7 Å². The number of aryl methyl sites for hydroxylation is 1. The van der Waals surface area contributed by atoms with Crippen LogP contribution >= 0.6 is 0 Å². The molecule has 1 saturated heterocycles. The molecule has 1 aliphatic heterocycles. The molecule has 4 heteroatoms. The summed E-state index contributed by atoms with van der Waals surface area (Å²) in [5.41, 5.74) is 8.67. The van der Waals surface area contributed by atoms with Gasteiger partial charge in [0.15, 0.2) is 0 Å². The predicted molar refractivity (Wildman–Crippen MR) is 83.6 cm³/mol. The molecule has 3 unspecified atom stereocenters. The summed E-state index contributed by atoms with van der Waals surface area (Å²) in [5, 5.41) is 4.69. The second-order valence-corrected chi connectivity index (χ2v) is 7.52. The Hall–Kier alpha value is -0.870. The van der Waals surface area contributed by atoms with Crippen LogP contribution in [-0.4, -0.2) is 34.3 Å². The first kappa shape index (κ1) is 15.5. The molecule has 114 valence electrons. The lowest BCUT2D eigenvalue weighted by Gasteiger charge is -2.29. The van der Waals surface area contributed by atoms with Gasteiger partial charge in [-0.25, -0.2) is 0 Å². The average molecular weight is 278 g/mol. The maximum Gasteiger partial charge on any atom is 0.0726 e. The van der Waals surface area contributed by atoms with Crippen molar-refractivity contribution in [3.05, 3.63) is 17.5 Å². The number of hydrogen-bond donors (Lipinski definition) is 1. The molecule has 1 aromatic rings. The van der Waals surface area contributed by atoms with E-state index in [1.807, 2.05) is 11.7 Å². The number of nitrogens with zero attached hydrogens (tertiary/aromatic N) is 3. The molecule has 0 radical (unpaired) electrons. The molecule has 0 spiro atoms. The molecule has 20 heavy (non-hydrogen) atoms. The van der Waals surface area contributed by atoms with Crippen molar-refractivity contribution in [3.63, 3.8) is 0 Å². The van der Waals surface area contributed by atoms with Crippen molar-refractivity contribution in [2.75, 3.05) is 19.6 Å². The fraction of sp³-hybridized carbons (Fsp3) is 0.812. The highest BCUT2D eigenvalue weighted by Crippen LogP contribution is 2.34. The number of likely N-dealkylation sites (tertiary alicyclic amines) is 1. The van der Waals surface area contributed by atoms with E-state index < -0.39 is 0 Å². The summed E-state index contributed by atoms with van der Waals surface area (Å²) >= 11 is 0. The van der Waals surface area contributed by atoms with E-state index in [4.69, 9.17) is 10.8 Å². The highest BCUT2D eigenvalue weighted by atomic mass is 15.3. The van der Waals surface area contributed by atoms with E-state index in [0.29, 0.717) is 12.6 Å². The Bertz CT molecular complexity index is 448. The largest absolute Gasteiger partial charge is 0.329 e. The Morgan fingerprint density at radius 2 is 1.85 bits per heavy atom. The molecule has 0 saturated carbocycles. The molecular weight excluding hydrogens is 248 g/mol. The molecule has 2 N–H and O–H groups in total. The first-order chi connectivity index (χ1) is 9.24. The van der Waals surface area contributed by atoms with Crippen LogP contribution in [0.15, 0.2) is 6.20 Å². The number of hydrogen-bond acceptors (Lipinski definition) is 3. The average Bonchev–Trinajstić information content (AvgIpc) is 2.85. The molecule has 3 atom stereocenters. The van der Waals surface area contributed by atoms with E-state index in [2.05, 4.69) is 45.7 Å². The topological polar surface area (TPSA) is 47.1 Å². The summed E-state index contributed by atoms with van der Waals surface area (Å²) in [6, 6.07) is 0.297. The van der Waals surface area contributed by atoms with Crippen molar-refractivity contribution in [1.29, 1.82) is 0 Å². The van der Waals surface area contributed by atoms with E-state index in [1.54, 1.807) is 0 Å². The van der Waals surface area contributed by atoms with E-state index in [1.165, 1.54) is 11.3 Å². The van der Waals surface area contributed by atoms with Gasteiger partial charge in [-0.2, -0.15) is 5.10 Å². The highest BCUT2D eigenvalue weighted by Gasteiger charge is 2.34. The van der Waals surface area contributed by atoms with Gasteiger partial charge in [-0.1, -0.05) is 34.6 Å². The maximum atomic E-state index is 6.12. The SMILES string of the molecule is CC1CN(C(CN)c2cn(C)nc2C(C)(C)C)CC1C. The molecule has 0 aliphatic carbocycles. The van der Waals surface area contributed by atoms with Crippen LogP contribution in [-0.2, 0) is 12.5 Å². The second-order valence-electron chi connectivity index (χ2n) is 7.52. The minimum Gasteiger partial charge on any atom is -0.329 e. The third-order valence-electron chi connectivity index (χ3n) is 4.61. The van der Waals surface area contributed by atoms with E-state index in [-0.39, 0.29) is 5.41 Å². The fourth-order valence-electron chi connectivity index (χ4n) is 3.24. The van der Waals surface area contributed by atoms with Crippen LogP contribution in [0.3, 0.4) is 0 Å². The van der Waals surface area contributed by atoms with Gasteiger partial charge in [0.2, 0.25) is 0 Å². The zero-order valence-corrected chi connectivity index (χ0v) is 13.8. The maximum absolute atomic E-state index is 6.12. The Balaban J connectivity index is 2.33. The molecule has 4 nitrogen and oxygen atoms in total. The third kappa shape index (κ3) is 2.91. The van der Waals surface area contributed by atoms with E-state index in [9.17, 15) is 0 Å². The van der Waals surface area contributed by atoms with Gasteiger partial charge < -0.3 is 5.73 Å². The van der Waals surface area contributed by atoms with E-state index >= 15 is 0 Å². The smallest absolute Gasteiger partial charge is 0.0726 e. The lowest BCUT2D eigenvalue weighted by Crippen LogP contribution is -2.33. The van der Waals surface area contributed by atoms with Gasteiger partial charge in [0.1, 0.15) is 0 Å². The Kier molecular flexibility index (Phi) is 4.26. The molecule has 0 amide bonds. The van der Waals surface area contributed by atoms with Crippen molar-refractivity contribution in [2.24, 2.45) is 24.6 Å². The summed E-state index contributed by atoms with van der Waals surface area (Å²) in [6.07, 6.45) is 2.16. The minimum atomic E-state index is 0.0565. The number of nitrogens with two attached hydrogens (primary N) is 1. The minimum absolute atomic E-state index is 0.0565. The molecule has 0 bridgehead atoms. The van der Waals surface area contributed by atoms with Gasteiger partial charge >= 0.3 is 0 Å². The summed E-state index contributed by atoms with van der Waals surface area (Å²) in [7, 11) is 2.00. The Labute approximate surface area is 123 Å². The Morgan fingerprint density at radius 3 is 2.30 bits per heavy atom. The summed E-state index contributed by atoms with van der Waals surface area (Å²) < 4.78 is 1.93. The van der Waals surface area contributed by atoms with Gasteiger partial charge in [-0.15, -0.1) is 0 Å². The van der Waals surface area contributed by atoms with Gasteiger partial charge in [0, 0.05) is 43.9 Å². The number of rotatable bonds is 3. The highest BCUT2D eigenvalue weighted by molar-refractivity contribution is 5.28. The third-order valence-corrected chi connectivity index (χ3v) is 4.61. The van der Waals surface area contributed by atoms with Crippen molar-refractivity contribution >= 4 is 0 Å². The molecule has 1 aromatic heterocycles. The lowest BCUT2D eigenvalue weighted by molar-refractivity contribution is 0.237. The van der Waals surface area contributed by atoms with Crippen molar-refractivity contribution in [3.8, 4) is 0 Å². The fourth-order valence-corrected chi connectivity index (χ4v) is 3.24. The molecule has 1 fully saturated rings. The van der Waals surface area contributed by atoms with Gasteiger partial charge in [-0.3, -0.25) is 9.58 Å². The van der Waals surface area contributed by atoms with Crippen molar-refractivity contribution in [2.45, 2.75) is 46.1 Å². The quantitative estimate of drug-likeness (QED) is 0.923. The van der Waals surface area contributed by atoms with Gasteiger partial charge in [0.05, 0.1) is 11.7 Å². The molecule has 0 aromatic carbocycles. The summed E-state index contributed by atoms with van der Waals surface area (Å²) in [5.74, 6) is 1.50. The predicted octanol–water partition coefficient (Wildman–Crippen LogP) is 2.31. The van der Waals surface area contributed by atoms with Crippen LogP contribution < -0.4 is 5.73 Å². The van der Waals surface area contributed by atoms with Crippen molar-refractivity contribution < 1.29 is 0 Å². The van der Waals surface area contributed by atoms with Crippen LogP contribution in [0.25, 0.3) is 0 Å². The first-order valence-corrected chi connectivity index (χ1v) is 7.72. The molecule has 2 rings (SSSR count). The van der Waals surface area contributed by atoms with Gasteiger partial charge in [0.25, 0.3) is 0 Å². The standard InChI is InChI=1S/C16H30N4/c1-11-8-20(9-12(11)2)14(7-17)13-10-19(6)18-15(13)16(3,4)5/h10-12,14H,7-9,17H2,1-6H3. The van der Waals surface area contributed by atoms with E-state index in [0.717, 1.165) is 24.9 Å². The lowest BCUT2D eigenvalue weighted by atomic mass is 9.87. The molecular formula is C16H30N4. The first-order valence-electron chi connectivity index (χ1n) is 7.72. The zero-order chi connectivity index (χ0) is 15.1.